The van der Waals surface area contributed by atoms with E-state index in [1.54, 1.807) is 0 Å². The third-order valence-corrected chi connectivity index (χ3v) is 6.72. The van der Waals surface area contributed by atoms with E-state index < -0.39 is 43.6 Å². The van der Waals surface area contributed by atoms with Gasteiger partial charge in [-0.1, -0.05) is 27.2 Å². The quantitative estimate of drug-likeness (QED) is 0.445. The first kappa shape index (κ1) is 21.0. The first-order valence-corrected chi connectivity index (χ1v) is 9.50. The largest absolute Gasteiger partial charge is 0.427 e. The highest BCUT2D eigenvalue weighted by atomic mass is 31.2. The lowest BCUT2D eigenvalue weighted by atomic mass is 9.81. The van der Waals surface area contributed by atoms with Gasteiger partial charge in [0.05, 0.1) is 6.10 Å². The Morgan fingerprint density at radius 1 is 0.960 bits per heavy atom. The number of nitrogens with zero attached hydrogens (tertiary/aromatic N) is 1. The maximum absolute atomic E-state index is 13.5. The van der Waals surface area contributed by atoms with Crippen molar-refractivity contribution in [3.63, 3.8) is 0 Å². The van der Waals surface area contributed by atoms with Crippen LogP contribution in [0.3, 0.4) is 0 Å². The highest BCUT2D eigenvalue weighted by molar-refractivity contribution is 7.51. The molecule has 148 valence electrons. The third-order valence-electron chi connectivity index (χ3n) is 4.57. The van der Waals surface area contributed by atoms with Gasteiger partial charge in [0.1, 0.15) is 0 Å². The van der Waals surface area contributed by atoms with Crippen molar-refractivity contribution in [2.24, 2.45) is 5.41 Å². The van der Waals surface area contributed by atoms with Gasteiger partial charge in [0.2, 0.25) is 0 Å². The second-order valence-corrected chi connectivity index (χ2v) is 9.46. The van der Waals surface area contributed by atoms with Crippen molar-refractivity contribution in [1.82, 2.24) is 4.67 Å². The number of hydrogen-bond donors (Lipinski definition) is 0. The number of halogens is 6. The van der Waals surface area contributed by atoms with Gasteiger partial charge in [0.25, 0.3) is 5.60 Å². The van der Waals surface area contributed by atoms with Crippen LogP contribution in [0, 0.1) is 5.41 Å². The predicted octanol–water partition coefficient (Wildman–Crippen LogP) is 5.30. The van der Waals surface area contributed by atoms with E-state index in [1.807, 2.05) is 0 Å². The van der Waals surface area contributed by atoms with Crippen molar-refractivity contribution in [2.75, 3.05) is 13.1 Å². The van der Waals surface area contributed by atoms with Crippen LogP contribution in [0.5, 0.6) is 0 Å². The molecule has 0 spiro atoms. The van der Waals surface area contributed by atoms with E-state index in [2.05, 4.69) is 4.52 Å². The summed E-state index contributed by atoms with van der Waals surface area (Å²) >= 11 is 0. The van der Waals surface area contributed by atoms with E-state index >= 15 is 0 Å². The van der Waals surface area contributed by atoms with Gasteiger partial charge in [0.15, 0.2) is 0 Å². The molecule has 2 heterocycles. The minimum atomic E-state index is -5.77. The summed E-state index contributed by atoms with van der Waals surface area (Å²) in [6.07, 6.45) is -12.8. The molecule has 0 amide bonds. The van der Waals surface area contributed by atoms with E-state index in [9.17, 15) is 30.9 Å². The highest BCUT2D eigenvalue weighted by Crippen LogP contribution is 2.68. The van der Waals surface area contributed by atoms with Crippen LogP contribution in [0.1, 0.15) is 46.5 Å². The molecule has 0 aromatic carbocycles. The number of hydrogen-bond acceptors (Lipinski definition) is 3. The van der Waals surface area contributed by atoms with Crippen LogP contribution in [0.15, 0.2) is 0 Å². The van der Waals surface area contributed by atoms with Crippen molar-refractivity contribution in [2.45, 2.75) is 70.5 Å². The molecule has 0 radical (unpaired) electrons. The Hall–Kier alpha value is -0.310. The average molecular weight is 397 g/mol. The molecule has 11 heteroatoms. The predicted molar refractivity (Wildman–Crippen MR) is 77.9 cm³/mol. The molecule has 2 saturated heterocycles. The van der Waals surface area contributed by atoms with Crippen molar-refractivity contribution >= 4 is 7.75 Å². The zero-order valence-corrected chi connectivity index (χ0v) is 15.1. The fourth-order valence-corrected chi connectivity index (χ4v) is 5.37. The molecule has 2 atom stereocenters. The molecule has 0 saturated carbocycles. The zero-order chi connectivity index (χ0) is 19.3. The fourth-order valence-electron chi connectivity index (χ4n) is 2.92. The molecule has 0 aliphatic carbocycles. The van der Waals surface area contributed by atoms with E-state index in [0.717, 1.165) is 11.1 Å². The maximum atomic E-state index is 13.5. The number of alkyl halides is 6. The number of rotatable bonds is 1. The molecule has 2 fully saturated rings. The zero-order valence-electron chi connectivity index (χ0n) is 14.2. The molecule has 25 heavy (non-hydrogen) atoms. The van der Waals surface area contributed by atoms with E-state index in [4.69, 9.17) is 4.52 Å². The molecular formula is C14H22F6NO3P. The molecule has 0 aromatic rings. The van der Waals surface area contributed by atoms with Gasteiger partial charge in [-0.05, 0) is 18.3 Å². The van der Waals surface area contributed by atoms with Gasteiger partial charge in [-0.25, -0.2) is 9.24 Å². The molecule has 2 aliphatic rings. The van der Waals surface area contributed by atoms with Crippen LogP contribution in [-0.4, -0.2) is 41.8 Å². The molecule has 0 unspecified atom stereocenters. The molecule has 2 rings (SSSR count). The highest BCUT2D eigenvalue weighted by Gasteiger charge is 2.77. The normalized spacial score (nSPS) is 32.6. The summed E-state index contributed by atoms with van der Waals surface area (Å²) in [7, 11) is -4.76. The van der Waals surface area contributed by atoms with Crippen LogP contribution in [0.4, 0.5) is 26.3 Å². The minimum Gasteiger partial charge on any atom is -0.293 e. The van der Waals surface area contributed by atoms with Gasteiger partial charge < -0.3 is 0 Å². The minimum absolute atomic E-state index is 0.0694. The first-order valence-electron chi connectivity index (χ1n) is 8.00. The lowest BCUT2D eigenvalue weighted by Crippen LogP contribution is -2.63. The van der Waals surface area contributed by atoms with Crippen LogP contribution in [0.25, 0.3) is 0 Å². The topological polar surface area (TPSA) is 38.8 Å². The Morgan fingerprint density at radius 3 is 1.84 bits per heavy atom. The summed E-state index contributed by atoms with van der Waals surface area (Å²) < 4.78 is 105. The fraction of sp³-hybridized carbons (Fsp3) is 1.00. The van der Waals surface area contributed by atoms with E-state index in [0.29, 0.717) is 12.8 Å². The average Bonchev–Trinajstić information content (AvgIpc) is 2.44. The smallest absolute Gasteiger partial charge is 0.293 e. The second-order valence-electron chi connectivity index (χ2n) is 7.56. The van der Waals surface area contributed by atoms with E-state index in [1.165, 1.54) is 20.8 Å². The lowest BCUT2D eigenvalue weighted by Gasteiger charge is -2.50. The molecule has 0 aromatic heterocycles. The van der Waals surface area contributed by atoms with E-state index in [-0.39, 0.29) is 13.1 Å². The molecule has 0 bridgehead atoms. The second kappa shape index (κ2) is 6.39. The Morgan fingerprint density at radius 2 is 1.44 bits per heavy atom. The third kappa shape index (κ3) is 3.87. The summed E-state index contributed by atoms with van der Waals surface area (Å²) in [5.41, 5.74) is -5.60. The van der Waals surface area contributed by atoms with Gasteiger partial charge in [0, 0.05) is 19.5 Å². The monoisotopic (exact) mass is 397 g/mol. The SMILES string of the molecule is CC(C)(C)[C@H]1CC(C(F)(F)F)(C(F)(F)F)O[P@@](=O)(N2CCCCC2)O1. The summed E-state index contributed by atoms with van der Waals surface area (Å²) in [5, 5.41) is 0. The standard InChI is InChI=1S/C14H22F6NO3P/c1-11(2,3)10-9-12(13(15,16)17,14(18,19)20)24-25(22,23-10)21-7-5-4-6-8-21/h10H,4-9H2,1-3H3/t10-,25-/m1/s1. The van der Waals surface area contributed by atoms with Crippen LogP contribution < -0.4 is 0 Å². The van der Waals surface area contributed by atoms with Gasteiger partial charge in [-0.15, -0.1) is 0 Å². The van der Waals surface area contributed by atoms with Crippen molar-refractivity contribution in [3.05, 3.63) is 0 Å². The van der Waals surface area contributed by atoms with Crippen molar-refractivity contribution < 1.29 is 40.0 Å². The van der Waals surface area contributed by atoms with Crippen molar-refractivity contribution in [3.8, 4) is 0 Å². The summed E-state index contributed by atoms with van der Waals surface area (Å²) in [5.74, 6) is 0. The lowest BCUT2D eigenvalue weighted by molar-refractivity contribution is -0.375. The Labute approximate surface area is 142 Å². The van der Waals surface area contributed by atoms with Gasteiger partial charge in [-0.2, -0.15) is 26.3 Å². The number of piperidine rings is 1. The Bertz CT molecular complexity index is 522. The van der Waals surface area contributed by atoms with Gasteiger partial charge in [-0.3, -0.25) is 9.05 Å². The molecule has 0 N–H and O–H groups in total. The Balaban J connectivity index is 2.54. The van der Waals surface area contributed by atoms with Crippen molar-refractivity contribution in [1.29, 1.82) is 0 Å². The van der Waals surface area contributed by atoms with Crippen LogP contribution >= 0.6 is 7.75 Å². The summed E-state index contributed by atoms with van der Waals surface area (Å²) in [4.78, 5) is 0. The maximum Gasteiger partial charge on any atom is 0.427 e. The molecule has 2 aliphatic heterocycles. The molecular weight excluding hydrogens is 375 g/mol. The Kier molecular flexibility index (Phi) is 5.37. The van der Waals surface area contributed by atoms with Gasteiger partial charge >= 0.3 is 20.1 Å². The van der Waals surface area contributed by atoms with Crippen LogP contribution in [-0.2, 0) is 13.6 Å². The molecule has 4 nitrogen and oxygen atoms in total. The summed E-state index contributed by atoms with van der Waals surface area (Å²) in [6, 6.07) is 0. The summed E-state index contributed by atoms with van der Waals surface area (Å²) in [6.45, 7) is 4.48. The van der Waals surface area contributed by atoms with Crippen LogP contribution in [0.2, 0.25) is 0 Å². The first-order chi connectivity index (χ1) is 11.1.